The lowest BCUT2D eigenvalue weighted by molar-refractivity contribution is -0.124. The van der Waals surface area contributed by atoms with Crippen molar-refractivity contribution in [2.75, 3.05) is 20.1 Å². The van der Waals surface area contributed by atoms with Gasteiger partial charge in [-0.15, -0.1) is 0 Å². The Labute approximate surface area is 146 Å². The Balaban J connectivity index is 1.70. The van der Waals surface area contributed by atoms with Gasteiger partial charge in [0, 0.05) is 39.1 Å². The van der Waals surface area contributed by atoms with Crippen LogP contribution in [0, 0.1) is 12.8 Å². The van der Waals surface area contributed by atoms with E-state index in [0.717, 1.165) is 5.56 Å². The monoisotopic (exact) mass is 342 g/mol. The summed E-state index contributed by atoms with van der Waals surface area (Å²) in [5.74, 6) is 0.00554. The van der Waals surface area contributed by atoms with E-state index in [2.05, 4.69) is 20.5 Å². The molecule has 2 amide bonds. The Bertz CT molecular complexity index is 744. The fourth-order valence-electron chi connectivity index (χ4n) is 3.22. The smallest absolute Gasteiger partial charge is 0.255 e. The molecule has 2 N–H and O–H groups in total. The van der Waals surface area contributed by atoms with Gasteiger partial charge in [-0.2, -0.15) is 0 Å². The molecule has 0 unspecified atom stereocenters. The summed E-state index contributed by atoms with van der Waals surface area (Å²) in [4.78, 5) is 30.9. The Kier molecular flexibility index (Phi) is 5.14. The van der Waals surface area contributed by atoms with Gasteiger partial charge < -0.3 is 15.1 Å². The molecule has 1 fully saturated rings. The quantitative estimate of drug-likeness (QED) is 0.845. The van der Waals surface area contributed by atoms with Crippen LogP contribution in [0.15, 0.2) is 41.3 Å². The fraction of sp³-hybridized carbons (Fsp3) is 0.389. The van der Waals surface area contributed by atoms with Crippen LogP contribution in [0.4, 0.5) is 0 Å². The van der Waals surface area contributed by atoms with Gasteiger partial charge in [0.15, 0.2) is 0 Å². The number of amides is 2. The van der Waals surface area contributed by atoms with E-state index in [0.29, 0.717) is 31.0 Å². The van der Waals surface area contributed by atoms with E-state index in [1.54, 1.807) is 32.4 Å². The van der Waals surface area contributed by atoms with Crippen LogP contribution in [-0.2, 0) is 11.3 Å². The molecular weight excluding hydrogens is 320 g/mol. The Morgan fingerprint density at radius 3 is 2.68 bits per heavy atom. The first-order valence-electron chi connectivity index (χ1n) is 8.26. The van der Waals surface area contributed by atoms with Crippen molar-refractivity contribution in [2.24, 2.45) is 5.92 Å². The third kappa shape index (κ3) is 3.88. The number of rotatable bonds is 5. The maximum absolute atomic E-state index is 12.5. The first-order valence-corrected chi connectivity index (χ1v) is 8.26. The van der Waals surface area contributed by atoms with Crippen molar-refractivity contribution < 1.29 is 14.0 Å². The molecule has 0 aromatic carbocycles. The number of furan rings is 1. The summed E-state index contributed by atoms with van der Waals surface area (Å²) in [5, 5.41) is 5.68. The zero-order valence-electron chi connectivity index (χ0n) is 14.4. The topological polar surface area (TPSA) is 87.5 Å². The number of carbonyl (C=O) groups is 2. The first-order chi connectivity index (χ1) is 12.1. The van der Waals surface area contributed by atoms with Gasteiger partial charge in [-0.1, -0.05) is 0 Å². The molecule has 1 saturated heterocycles. The van der Waals surface area contributed by atoms with E-state index < -0.39 is 0 Å². The summed E-state index contributed by atoms with van der Waals surface area (Å²) in [6.45, 7) is 3.67. The number of pyridine rings is 1. The molecule has 0 radical (unpaired) electrons. The minimum atomic E-state index is -0.289. The number of carbonyl (C=O) groups excluding carboxylic acids is 2. The van der Waals surface area contributed by atoms with Crippen LogP contribution in [0.3, 0.4) is 0 Å². The summed E-state index contributed by atoms with van der Waals surface area (Å²) >= 11 is 0. The maximum atomic E-state index is 12.5. The molecule has 0 saturated carbocycles. The minimum Gasteiger partial charge on any atom is -0.469 e. The van der Waals surface area contributed by atoms with Gasteiger partial charge in [-0.3, -0.25) is 19.5 Å². The number of nitrogens with zero attached hydrogens (tertiary/aromatic N) is 2. The van der Waals surface area contributed by atoms with Crippen LogP contribution in [0.2, 0.25) is 0 Å². The van der Waals surface area contributed by atoms with E-state index in [1.165, 1.54) is 6.26 Å². The van der Waals surface area contributed by atoms with Crippen LogP contribution in [-0.4, -0.2) is 47.9 Å². The SMILES string of the molecule is CNC(=O)[C@H]1CN(Cc2ccncc2)C[C@@H]1NC(=O)c1ccoc1C. The zero-order valence-corrected chi connectivity index (χ0v) is 14.4. The van der Waals surface area contributed by atoms with Gasteiger partial charge in [-0.05, 0) is 30.7 Å². The fourth-order valence-corrected chi connectivity index (χ4v) is 3.22. The van der Waals surface area contributed by atoms with Crippen molar-refractivity contribution in [3.05, 3.63) is 53.7 Å². The second-order valence-corrected chi connectivity index (χ2v) is 6.24. The van der Waals surface area contributed by atoms with E-state index in [4.69, 9.17) is 4.42 Å². The summed E-state index contributed by atoms with van der Waals surface area (Å²) in [6, 6.07) is 5.30. The van der Waals surface area contributed by atoms with Gasteiger partial charge >= 0.3 is 0 Å². The number of hydrogen-bond donors (Lipinski definition) is 2. The highest BCUT2D eigenvalue weighted by atomic mass is 16.3. The van der Waals surface area contributed by atoms with Gasteiger partial charge in [0.1, 0.15) is 5.76 Å². The molecule has 1 aliphatic rings. The van der Waals surface area contributed by atoms with E-state index in [1.807, 2.05) is 12.1 Å². The second-order valence-electron chi connectivity index (χ2n) is 6.24. The molecule has 3 rings (SSSR count). The van der Waals surface area contributed by atoms with E-state index in [9.17, 15) is 9.59 Å². The van der Waals surface area contributed by atoms with Crippen molar-refractivity contribution in [1.82, 2.24) is 20.5 Å². The molecule has 0 spiro atoms. The third-order valence-electron chi connectivity index (χ3n) is 4.55. The molecule has 132 valence electrons. The molecule has 7 heteroatoms. The van der Waals surface area contributed by atoms with Crippen LogP contribution < -0.4 is 10.6 Å². The highest BCUT2D eigenvalue weighted by Crippen LogP contribution is 2.21. The largest absolute Gasteiger partial charge is 0.469 e. The minimum absolute atomic E-state index is 0.0635. The zero-order chi connectivity index (χ0) is 17.8. The predicted octanol–water partition coefficient (Wildman–Crippen LogP) is 0.959. The first kappa shape index (κ1) is 17.2. The van der Waals surface area contributed by atoms with Gasteiger partial charge in [0.05, 0.1) is 23.8 Å². The third-order valence-corrected chi connectivity index (χ3v) is 4.55. The van der Waals surface area contributed by atoms with Crippen molar-refractivity contribution in [2.45, 2.75) is 19.5 Å². The molecule has 2 atom stereocenters. The van der Waals surface area contributed by atoms with E-state index in [-0.39, 0.29) is 23.8 Å². The lowest BCUT2D eigenvalue weighted by Gasteiger charge is -2.18. The summed E-state index contributed by atoms with van der Waals surface area (Å²) in [5.41, 5.74) is 1.63. The number of aryl methyl sites for hydroxylation is 1. The standard InChI is InChI=1S/C18H22N4O3/c1-12-14(5-8-25-12)18(24)21-16-11-22(10-15(16)17(23)19-2)9-13-3-6-20-7-4-13/h3-8,15-16H,9-11H2,1-2H3,(H,19,23)(H,21,24)/t15-,16-/m0/s1. The molecule has 25 heavy (non-hydrogen) atoms. The number of likely N-dealkylation sites (tertiary alicyclic amines) is 1. The molecule has 0 bridgehead atoms. The van der Waals surface area contributed by atoms with E-state index >= 15 is 0 Å². The highest BCUT2D eigenvalue weighted by Gasteiger charge is 2.38. The number of nitrogens with one attached hydrogen (secondary N) is 2. The molecule has 1 aliphatic heterocycles. The van der Waals surface area contributed by atoms with Crippen molar-refractivity contribution in [1.29, 1.82) is 0 Å². The van der Waals surface area contributed by atoms with Gasteiger partial charge in [-0.25, -0.2) is 0 Å². The summed E-state index contributed by atoms with van der Waals surface area (Å²) < 4.78 is 5.19. The molecule has 0 aliphatic carbocycles. The maximum Gasteiger partial charge on any atom is 0.255 e. The Morgan fingerprint density at radius 1 is 1.28 bits per heavy atom. The molecule has 2 aromatic heterocycles. The molecule has 2 aromatic rings. The number of hydrogen-bond acceptors (Lipinski definition) is 5. The van der Waals surface area contributed by atoms with Crippen molar-refractivity contribution in [3.8, 4) is 0 Å². The second kappa shape index (κ2) is 7.48. The highest BCUT2D eigenvalue weighted by molar-refractivity contribution is 5.95. The average molecular weight is 342 g/mol. The lowest BCUT2D eigenvalue weighted by atomic mass is 10.0. The Hall–Kier alpha value is -2.67. The molecule has 3 heterocycles. The lowest BCUT2D eigenvalue weighted by Crippen LogP contribution is -2.45. The summed E-state index contributed by atoms with van der Waals surface area (Å²) in [7, 11) is 1.62. The van der Waals surface area contributed by atoms with Crippen LogP contribution >= 0.6 is 0 Å². The van der Waals surface area contributed by atoms with Crippen LogP contribution in [0.1, 0.15) is 21.7 Å². The van der Waals surface area contributed by atoms with Gasteiger partial charge in [0.2, 0.25) is 5.91 Å². The van der Waals surface area contributed by atoms with Crippen molar-refractivity contribution in [3.63, 3.8) is 0 Å². The number of aromatic nitrogens is 1. The van der Waals surface area contributed by atoms with Crippen molar-refractivity contribution >= 4 is 11.8 Å². The van der Waals surface area contributed by atoms with Gasteiger partial charge in [0.25, 0.3) is 5.91 Å². The Morgan fingerprint density at radius 2 is 2.04 bits per heavy atom. The molecule has 7 nitrogen and oxygen atoms in total. The summed E-state index contributed by atoms with van der Waals surface area (Å²) in [6.07, 6.45) is 5.00. The van der Waals surface area contributed by atoms with Crippen LogP contribution in [0.25, 0.3) is 0 Å². The normalized spacial score (nSPS) is 20.4. The predicted molar refractivity (Wildman–Crippen MR) is 91.8 cm³/mol. The average Bonchev–Trinajstić information content (AvgIpc) is 3.21. The molecular formula is C18H22N4O3. The van der Waals surface area contributed by atoms with Crippen LogP contribution in [0.5, 0.6) is 0 Å².